The van der Waals surface area contributed by atoms with Crippen LogP contribution < -0.4 is 0 Å². The quantitative estimate of drug-likeness (QED) is 0.153. The van der Waals surface area contributed by atoms with E-state index in [9.17, 15) is 5.11 Å². The third-order valence-electron chi connectivity index (χ3n) is 9.22. The van der Waals surface area contributed by atoms with E-state index in [1.54, 1.807) is 0 Å². The molecule has 224 valence electrons. The van der Waals surface area contributed by atoms with Crippen molar-refractivity contribution in [1.29, 1.82) is 0 Å². The summed E-state index contributed by atoms with van der Waals surface area (Å²) in [5, 5.41) is 10.2. The molecule has 0 aliphatic carbocycles. The molecule has 2 fully saturated rings. The lowest BCUT2D eigenvalue weighted by molar-refractivity contribution is -0.117. The lowest BCUT2D eigenvalue weighted by atomic mass is 10.0. The molecule has 0 spiro atoms. The average molecular weight is 563 g/mol. The highest BCUT2D eigenvalue weighted by molar-refractivity contribution is 6.74. The van der Waals surface area contributed by atoms with E-state index < -0.39 is 8.32 Å². The molecule has 3 rings (SSSR count). The van der Waals surface area contributed by atoms with E-state index in [2.05, 4.69) is 71.1 Å². The van der Waals surface area contributed by atoms with E-state index >= 15 is 0 Å². The van der Waals surface area contributed by atoms with Crippen LogP contribution in [0, 0.1) is 0 Å². The number of benzene rings is 1. The Morgan fingerprint density at radius 3 is 2.23 bits per heavy atom. The molecule has 5 nitrogen and oxygen atoms in total. The summed E-state index contributed by atoms with van der Waals surface area (Å²) in [6.07, 6.45) is 14.2. The van der Waals surface area contributed by atoms with Crippen molar-refractivity contribution < 1.29 is 23.7 Å². The zero-order chi connectivity index (χ0) is 28.3. The van der Waals surface area contributed by atoms with Crippen LogP contribution in [-0.2, 0) is 25.2 Å². The van der Waals surface area contributed by atoms with Crippen LogP contribution in [0.4, 0.5) is 0 Å². The lowest BCUT2D eigenvalue weighted by Gasteiger charge is -2.39. The molecule has 1 aromatic carbocycles. The summed E-state index contributed by atoms with van der Waals surface area (Å²) in [5.41, 5.74) is 1.21. The fourth-order valence-electron chi connectivity index (χ4n) is 5.70. The van der Waals surface area contributed by atoms with Gasteiger partial charge in [-0.2, -0.15) is 0 Å². The SMILES string of the molecule is CCCCCCCCCC[C@@H](OCc1ccccc1)[C@H]1CC[C@H]([C@H]2C[C@@H](O[Si](C)(C)C(C)(C)C)[C@H](CO)O2)O1. The van der Waals surface area contributed by atoms with Crippen molar-refractivity contribution in [3.05, 3.63) is 35.9 Å². The van der Waals surface area contributed by atoms with Gasteiger partial charge in [0.25, 0.3) is 0 Å². The van der Waals surface area contributed by atoms with Gasteiger partial charge < -0.3 is 23.7 Å². The Kier molecular flexibility index (Phi) is 13.5. The minimum atomic E-state index is -1.96. The number of ether oxygens (including phenoxy) is 3. The number of unbranched alkanes of at least 4 members (excludes halogenated alkanes) is 7. The number of aliphatic hydroxyl groups excluding tert-OH is 1. The van der Waals surface area contributed by atoms with Crippen molar-refractivity contribution in [3.63, 3.8) is 0 Å². The van der Waals surface area contributed by atoms with Gasteiger partial charge in [0.15, 0.2) is 8.32 Å². The van der Waals surface area contributed by atoms with Crippen molar-refractivity contribution in [2.75, 3.05) is 6.61 Å². The maximum absolute atomic E-state index is 10.1. The highest BCUT2D eigenvalue weighted by Gasteiger charge is 2.47. The van der Waals surface area contributed by atoms with Gasteiger partial charge in [-0.3, -0.25) is 0 Å². The van der Waals surface area contributed by atoms with Gasteiger partial charge in [0.05, 0.1) is 43.7 Å². The molecular formula is C33H58O5Si. The number of aliphatic hydroxyl groups is 1. The third-order valence-corrected chi connectivity index (χ3v) is 13.7. The molecule has 2 saturated heterocycles. The molecule has 0 bridgehead atoms. The van der Waals surface area contributed by atoms with Gasteiger partial charge in [-0.1, -0.05) is 109 Å². The molecule has 0 unspecified atom stereocenters. The van der Waals surface area contributed by atoms with E-state index in [4.69, 9.17) is 18.6 Å². The van der Waals surface area contributed by atoms with Crippen LogP contribution in [-0.4, -0.2) is 56.7 Å². The number of hydrogen-bond donors (Lipinski definition) is 1. The fraction of sp³-hybridized carbons (Fsp3) is 0.818. The molecular weight excluding hydrogens is 504 g/mol. The van der Waals surface area contributed by atoms with Gasteiger partial charge in [-0.25, -0.2) is 0 Å². The molecule has 2 aliphatic rings. The molecule has 1 N–H and O–H groups in total. The van der Waals surface area contributed by atoms with Crippen LogP contribution in [0.2, 0.25) is 18.1 Å². The Hall–Kier alpha value is -0.763. The monoisotopic (exact) mass is 562 g/mol. The van der Waals surface area contributed by atoms with Crippen molar-refractivity contribution in [1.82, 2.24) is 0 Å². The molecule has 6 heteroatoms. The second-order valence-corrected chi connectivity index (χ2v) is 18.2. The Labute approximate surface area is 240 Å². The first kappa shape index (κ1) is 32.7. The van der Waals surface area contributed by atoms with Crippen molar-refractivity contribution in [2.45, 2.75) is 166 Å². The summed E-state index contributed by atoms with van der Waals surface area (Å²) < 4.78 is 26.3. The average Bonchev–Trinajstić information content (AvgIpc) is 3.54. The summed E-state index contributed by atoms with van der Waals surface area (Å²) in [6, 6.07) is 10.5. The van der Waals surface area contributed by atoms with Gasteiger partial charge in [0.1, 0.15) is 6.10 Å². The lowest BCUT2D eigenvalue weighted by Crippen LogP contribution is -2.46. The first-order valence-corrected chi connectivity index (χ1v) is 18.8. The zero-order valence-corrected chi connectivity index (χ0v) is 26.8. The van der Waals surface area contributed by atoms with Crippen LogP contribution in [0.15, 0.2) is 30.3 Å². The molecule has 0 saturated carbocycles. The maximum atomic E-state index is 10.1. The second-order valence-electron chi connectivity index (χ2n) is 13.4. The molecule has 0 amide bonds. The van der Waals surface area contributed by atoms with Gasteiger partial charge >= 0.3 is 0 Å². The van der Waals surface area contributed by atoms with E-state index in [1.165, 1.54) is 56.9 Å². The zero-order valence-electron chi connectivity index (χ0n) is 25.8. The predicted octanol–water partition coefficient (Wildman–Crippen LogP) is 8.19. The van der Waals surface area contributed by atoms with E-state index in [1.807, 2.05) is 0 Å². The molecule has 0 aromatic heterocycles. The first-order valence-electron chi connectivity index (χ1n) is 15.9. The van der Waals surface area contributed by atoms with Crippen LogP contribution in [0.25, 0.3) is 0 Å². The first-order chi connectivity index (χ1) is 18.6. The van der Waals surface area contributed by atoms with Crippen LogP contribution >= 0.6 is 0 Å². The van der Waals surface area contributed by atoms with Crippen LogP contribution in [0.3, 0.4) is 0 Å². The smallest absolute Gasteiger partial charge is 0.192 e. The Bertz CT molecular complexity index is 795. The standard InChI is InChI=1S/C33H58O5Si/c1-7-8-9-10-11-12-13-17-20-27(35-25-26-18-15-14-16-19-26)28-21-22-29(36-28)30-23-31(32(24-34)37-30)38-39(5,6)33(2,3)4/h14-16,18-19,27-32,34H,7-13,17,20-25H2,1-6H3/t27-,28-,29-,30-,31-,32+/m1/s1. The third kappa shape index (κ3) is 10.2. The van der Waals surface area contributed by atoms with Gasteiger partial charge in [-0.05, 0) is 43.0 Å². The van der Waals surface area contributed by atoms with E-state index in [-0.39, 0.29) is 48.3 Å². The molecule has 2 aliphatic heterocycles. The Balaban J connectivity index is 1.53. The van der Waals surface area contributed by atoms with Gasteiger partial charge in [0, 0.05) is 6.42 Å². The summed E-state index contributed by atoms with van der Waals surface area (Å²) in [5.74, 6) is 0. The van der Waals surface area contributed by atoms with E-state index in [0.717, 1.165) is 25.7 Å². The van der Waals surface area contributed by atoms with E-state index in [0.29, 0.717) is 6.61 Å². The normalized spacial score (nSPS) is 26.8. The summed E-state index contributed by atoms with van der Waals surface area (Å²) in [6.45, 7) is 14.2. The number of hydrogen-bond acceptors (Lipinski definition) is 5. The van der Waals surface area contributed by atoms with Gasteiger partial charge in [0.2, 0.25) is 0 Å². The summed E-state index contributed by atoms with van der Waals surface area (Å²) >= 11 is 0. The van der Waals surface area contributed by atoms with Crippen molar-refractivity contribution in [3.8, 4) is 0 Å². The van der Waals surface area contributed by atoms with Crippen molar-refractivity contribution >= 4 is 8.32 Å². The predicted molar refractivity (Wildman–Crippen MR) is 163 cm³/mol. The van der Waals surface area contributed by atoms with Crippen LogP contribution in [0.5, 0.6) is 0 Å². The highest BCUT2D eigenvalue weighted by atomic mass is 28.4. The molecule has 6 atom stereocenters. The van der Waals surface area contributed by atoms with Crippen LogP contribution in [0.1, 0.15) is 110 Å². The Morgan fingerprint density at radius 2 is 1.59 bits per heavy atom. The highest BCUT2D eigenvalue weighted by Crippen LogP contribution is 2.41. The Morgan fingerprint density at radius 1 is 0.923 bits per heavy atom. The fourth-order valence-corrected chi connectivity index (χ4v) is 7.06. The topological polar surface area (TPSA) is 57.2 Å². The minimum absolute atomic E-state index is 0.00675. The largest absolute Gasteiger partial charge is 0.411 e. The maximum Gasteiger partial charge on any atom is 0.192 e. The number of rotatable bonds is 17. The molecule has 0 radical (unpaired) electrons. The molecule has 39 heavy (non-hydrogen) atoms. The summed E-state index contributed by atoms with van der Waals surface area (Å²) in [7, 11) is -1.96. The second kappa shape index (κ2) is 16.0. The van der Waals surface area contributed by atoms with Gasteiger partial charge in [-0.15, -0.1) is 0 Å². The molecule has 1 aromatic rings. The summed E-state index contributed by atoms with van der Waals surface area (Å²) in [4.78, 5) is 0. The molecule has 2 heterocycles. The minimum Gasteiger partial charge on any atom is -0.411 e. The van der Waals surface area contributed by atoms with Crippen molar-refractivity contribution in [2.24, 2.45) is 0 Å².